The van der Waals surface area contributed by atoms with Gasteiger partial charge in [0.1, 0.15) is 0 Å². The summed E-state index contributed by atoms with van der Waals surface area (Å²) in [5.74, 6) is 0. The van der Waals surface area contributed by atoms with Crippen LogP contribution in [0.25, 0.3) is 0 Å². The van der Waals surface area contributed by atoms with E-state index in [2.05, 4.69) is 0 Å². The summed E-state index contributed by atoms with van der Waals surface area (Å²) in [5.41, 5.74) is 1.41. The zero-order valence-electron chi connectivity index (χ0n) is 20.5. The Balaban J connectivity index is 2.20. The number of unbranched alkanes of at least 4 members (excludes halogenated alkanes) is 1. The molecule has 3 rings (SSSR count). The Kier molecular flexibility index (Phi) is 10.6. The average molecular weight is 629 g/mol. The molecular formula is C28H30O3S3Sn. The fourth-order valence-electron chi connectivity index (χ4n) is 4.06. The first-order valence-corrected chi connectivity index (χ1v) is 21.4. The SMILES string of the molecule is CCC[CH2][Sn]([C](=O)c1ccc(SC)cc1)([C](=O)c1ccc(SC)cc1)[C](=O)c1ccc(SC)cc1. The van der Waals surface area contributed by atoms with Gasteiger partial charge in [0.15, 0.2) is 0 Å². The Morgan fingerprint density at radius 1 is 0.571 bits per heavy atom. The maximum absolute atomic E-state index is 14.3. The van der Waals surface area contributed by atoms with E-state index in [1.165, 1.54) is 0 Å². The number of benzene rings is 3. The third-order valence-electron chi connectivity index (χ3n) is 6.12. The molecule has 0 radical (unpaired) electrons. The summed E-state index contributed by atoms with van der Waals surface area (Å²) >= 11 is -0.142. The van der Waals surface area contributed by atoms with E-state index in [4.69, 9.17) is 0 Å². The van der Waals surface area contributed by atoms with Gasteiger partial charge in [0, 0.05) is 0 Å². The first kappa shape index (κ1) is 28.1. The summed E-state index contributed by atoms with van der Waals surface area (Å²) in [7, 11) is 0. The Hall–Kier alpha value is -1.48. The molecular weight excluding hydrogens is 599 g/mol. The van der Waals surface area contributed by atoms with Crippen molar-refractivity contribution in [1.29, 1.82) is 0 Å². The van der Waals surface area contributed by atoms with Crippen LogP contribution in [0.15, 0.2) is 87.5 Å². The quantitative estimate of drug-likeness (QED) is 0.152. The maximum atomic E-state index is 14.3. The zero-order chi connectivity index (χ0) is 25.4. The van der Waals surface area contributed by atoms with Crippen LogP contribution in [0.4, 0.5) is 0 Å². The number of rotatable bonds is 12. The molecule has 0 spiro atoms. The molecule has 0 amide bonds. The fraction of sp³-hybridized carbons (Fsp3) is 0.250. The molecule has 0 N–H and O–H groups in total. The molecule has 0 aliphatic rings. The molecule has 3 aromatic carbocycles. The monoisotopic (exact) mass is 630 g/mol. The predicted molar refractivity (Wildman–Crippen MR) is 153 cm³/mol. The van der Waals surface area contributed by atoms with Gasteiger partial charge in [-0.05, 0) is 0 Å². The van der Waals surface area contributed by atoms with Crippen molar-refractivity contribution in [2.24, 2.45) is 0 Å². The van der Waals surface area contributed by atoms with Crippen LogP contribution in [0.2, 0.25) is 4.44 Å². The zero-order valence-corrected chi connectivity index (χ0v) is 25.8. The Bertz CT molecular complexity index is 1030. The third-order valence-corrected chi connectivity index (χ3v) is 20.6. The van der Waals surface area contributed by atoms with Crippen molar-refractivity contribution in [3.63, 3.8) is 0 Å². The van der Waals surface area contributed by atoms with Gasteiger partial charge < -0.3 is 0 Å². The van der Waals surface area contributed by atoms with Gasteiger partial charge in [0.05, 0.1) is 0 Å². The van der Waals surface area contributed by atoms with Gasteiger partial charge in [0.25, 0.3) is 0 Å². The summed E-state index contributed by atoms with van der Waals surface area (Å²) in [6.45, 7) is 2.03. The first-order chi connectivity index (χ1) is 16.9. The van der Waals surface area contributed by atoms with Gasteiger partial charge in [-0.3, -0.25) is 0 Å². The molecule has 35 heavy (non-hydrogen) atoms. The second-order valence-electron chi connectivity index (χ2n) is 8.18. The minimum absolute atomic E-state index is 0.224. The van der Waals surface area contributed by atoms with E-state index in [-0.39, 0.29) is 11.4 Å². The molecule has 3 aromatic rings. The Labute approximate surface area is 225 Å². The molecule has 0 aliphatic heterocycles. The summed E-state index contributed by atoms with van der Waals surface area (Å²) in [5, 5.41) is 0. The molecule has 0 bridgehead atoms. The predicted octanol–water partition coefficient (Wildman–Crippen LogP) is 7.67. The number of hydrogen-bond acceptors (Lipinski definition) is 6. The molecule has 0 saturated carbocycles. The molecule has 3 nitrogen and oxygen atoms in total. The van der Waals surface area contributed by atoms with Crippen molar-refractivity contribution in [1.82, 2.24) is 0 Å². The molecule has 7 heteroatoms. The average Bonchev–Trinajstić information content (AvgIpc) is 2.93. The minimum atomic E-state index is -4.92. The van der Waals surface area contributed by atoms with Crippen molar-refractivity contribution in [3.8, 4) is 0 Å². The second kappa shape index (κ2) is 13.2. The van der Waals surface area contributed by atoms with Gasteiger partial charge in [-0.1, -0.05) is 0 Å². The van der Waals surface area contributed by atoms with Crippen LogP contribution in [0.1, 0.15) is 50.8 Å². The van der Waals surface area contributed by atoms with Crippen LogP contribution >= 0.6 is 35.3 Å². The fourth-order valence-corrected chi connectivity index (χ4v) is 17.2. The third kappa shape index (κ3) is 6.27. The number of carbonyl (C=O) groups is 3. The van der Waals surface area contributed by atoms with Crippen LogP contribution in [-0.4, -0.2) is 48.5 Å². The molecule has 0 unspecified atom stereocenters. The second-order valence-corrected chi connectivity index (χ2v) is 21.3. The van der Waals surface area contributed by atoms with Crippen LogP contribution in [0, 0.1) is 0 Å². The van der Waals surface area contributed by atoms with E-state index in [1.807, 2.05) is 62.1 Å². The van der Waals surface area contributed by atoms with Crippen LogP contribution in [-0.2, 0) is 0 Å². The van der Waals surface area contributed by atoms with Crippen molar-refractivity contribution in [3.05, 3.63) is 89.5 Å². The van der Waals surface area contributed by atoms with Crippen LogP contribution in [0.5, 0.6) is 0 Å². The van der Waals surface area contributed by atoms with Crippen LogP contribution < -0.4 is 0 Å². The molecule has 0 atom stereocenters. The van der Waals surface area contributed by atoms with E-state index < -0.39 is 18.4 Å². The normalized spacial score (nSPS) is 11.3. The van der Waals surface area contributed by atoms with Crippen molar-refractivity contribution >= 4 is 65.1 Å². The Morgan fingerprint density at radius 2 is 0.857 bits per heavy atom. The van der Waals surface area contributed by atoms with Crippen molar-refractivity contribution in [2.45, 2.75) is 38.9 Å². The van der Waals surface area contributed by atoms with Gasteiger partial charge in [-0.15, -0.1) is 0 Å². The summed E-state index contributed by atoms with van der Waals surface area (Å²) in [6.07, 6.45) is 7.42. The van der Waals surface area contributed by atoms with Gasteiger partial charge >= 0.3 is 227 Å². The molecule has 0 saturated heterocycles. The summed E-state index contributed by atoms with van der Waals surface area (Å²) in [6, 6.07) is 22.0. The van der Waals surface area contributed by atoms with Gasteiger partial charge in [-0.25, -0.2) is 0 Å². The van der Waals surface area contributed by atoms with Gasteiger partial charge in [0.2, 0.25) is 0 Å². The van der Waals surface area contributed by atoms with E-state index in [9.17, 15) is 14.4 Å². The molecule has 0 fully saturated rings. The van der Waals surface area contributed by atoms with E-state index in [1.54, 1.807) is 71.7 Å². The van der Waals surface area contributed by atoms with Gasteiger partial charge in [-0.2, -0.15) is 0 Å². The molecule has 0 aromatic heterocycles. The van der Waals surface area contributed by atoms with E-state index in [0.29, 0.717) is 27.5 Å². The molecule has 0 heterocycles. The number of carbonyl (C=O) groups excluding carboxylic acids is 3. The summed E-state index contributed by atoms with van der Waals surface area (Å²) in [4.78, 5) is 46.0. The van der Waals surface area contributed by atoms with Crippen molar-refractivity contribution < 1.29 is 14.4 Å². The molecule has 0 aliphatic carbocycles. The topological polar surface area (TPSA) is 51.2 Å². The van der Waals surface area contributed by atoms with Crippen LogP contribution in [0.3, 0.4) is 0 Å². The summed E-state index contributed by atoms with van der Waals surface area (Å²) < 4.78 is -0.296. The van der Waals surface area contributed by atoms with E-state index in [0.717, 1.165) is 21.1 Å². The van der Waals surface area contributed by atoms with E-state index >= 15 is 0 Å². The number of hydrogen-bond donors (Lipinski definition) is 0. The Morgan fingerprint density at radius 3 is 1.09 bits per heavy atom. The standard InChI is InChI=1S/3C8H7OS.C4H9.Sn/c3*1-10-8-4-2-7(6-9)3-5-8;1-3-4-2;/h3*2-5H,1H3;1,3-4H2,2H3;. The number of thioether (sulfide) groups is 3. The van der Waals surface area contributed by atoms with Crippen molar-refractivity contribution in [2.75, 3.05) is 18.8 Å². The molecule has 182 valence electrons. The first-order valence-electron chi connectivity index (χ1n) is 11.5.